The van der Waals surface area contributed by atoms with Gasteiger partial charge < -0.3 is 20.9 Å². The van der Waals surface area contributed by atoms with Gasteiger partial charge in [0.2, 0.25) is 5.91 Å². The van der Waals surface area contributed by atoms with E-state index in [2.05, 4.69) is 10.2 Å². The summed E-state index contributed by atoms with van der Waals surface area (Å²) in [5, 5.41) is 3.67. The van der Waals surface area contributed by atoms with Gasteiger partial charge in [-0.1, -0.05) is 35.9 Å². The summed E-state index contributed by atoms with van der Waals surface area (Å²) in [4.78, 5) is 27.6. The Balaban J connectivity index is 1.45. The van der Waals surface area contributed by atoms with E-state index >= 15 is 0 Å². The molecule has 6 nitrogen and oxygen atoms in total. The van der Waals surface area contributed by atoms with Gasteiger partial charge in [-0.05, 0) is 36.2 Å². The third kappa shape index (κ3) is 4.92. The first-order valence-corrected chi connectivity index (χ1v) is 9.33. The number of primary amides is 1. The molecule has 0 bridgehead atoms. The summed E-state index contributed by atoms with van der Waals surface area (Å²) >= 11 is 6.25. The van der Waals surface area contributed by atoms with Crippen LogP contribution in [-0.2, 0) is 6.42 Å². The van der Waals surface area contributed by atoms with Crippen LogP contribution in [-0.4, -0.2) is 49.6 Å². The third-order valence-corrected chi connectivity index (χ3v) is 4.98. The van der Waals surface area contributed by atoms with E-state index in [1.54, 1.807) is 18.2 Å². The lowest BCUT2D eigenvalue weighted by Gasteiger charge is -2.36. The van der Waals surface area contributed by atoms with Gasteiger partial charge in [-0.3, -0.25) is 4.79 Å². The van der Waals surface area contributed by atoms with Crippen molar-refractivity contribution in [3.05, 3.63) is 64.7 Å². The molecule has 1 aliphatic rings. The number of carbonyl (C=O) groups is 2. The average Bonchev–Trinajstić information content (AvgIpc) is 2.68. The van der Waals surface area contributed by atoms with E-state index in [9.17, 15) is 9.59 Å². The highest BCUT2D eigenvalue weighted by atomic mass is 35.5. The molecule has 142 valence electrons. The molecule has 1 heterocycles. The van der Waals surface area contributed by atoms with Gasteiger partial charge in [-0.2, -0.15) is 0 Å². The van der Waals surface area contributed by atoms with Crippen LogP contribution in [0.1, 0.15) is 15.9 Å². The number of piperazine rings is 1. The van der Waals surface area contributed by atoms with E-state index < -0.39 is 5.91 Å². The molecule has 1 saturated heterocycles. The zero-order chi connectivity index (χ0) is 19.2. The number of para-hydroxylation sites is 1. The summed E-state index contributed by atoms with van der Waals surface area (Å²) in [5.74, 6) is -0.447. The molecule has 2 aromatic carbocycles. The molecule has 0 radical (unpaired) electrons. The lowest BCUT2D eigenvalue weighted by Crippen LogP contribution is -2.52. The normalized spacial score (nSPS) is 14.1. The Morgan fingerprint density at radius 1 is 1.04 bits per heavy atom. The number of carbonyl (C=O) groups excluding carboxylic acids is 2. The van der Waals surface area contributed by atoms with Crippen LogP contribution in [0.5, 0.6) is 0 Å². The molecule has 0 aliphatic carbocycles. The third-order valence-electron chi connectivity index (χ3n) is 4.66. The number of amides is 3. The van der Waals surface area contributed by atoms with E-state index in [-0.39, 0.29) is 6.03 Å². The minimum atomic E-state index is -0.447. The van der Waals surface area contributed by atoms with Crippen molar-refractivity contribution >= 4 is 29.2 Å². The van der Waals surface area contributed by atoms with Crippen LogP contribution in [0.3, 0.4) is 0 Å². The standard InChI is InChI=1S/C20H23ClN4O2/c21-17-6-1-2-7-18(17)24-10-12-25(13-11-24)20(27)23-9-8-15-4-3-5-16(14-15)19(22)26/h1-7,14H,8-13H2,(H2,22,26)(H,23,27). The molecule has 0 atom stereocenters. The molecule has 0 unspecified atom stereocenters. The second-order valence-corrected chi connectivity index (χ2v) is 6.88. The first-order chi connectivity index (χ1) is 13.0. The molecule has 0 saturated carbocycles. The van der Waals surface area contributed by atoms with Gasteiger partial charge in [-0.25, -0.2) is 4.79 Å². The lowest BCUT2D eigenvalue weighted by atomic mass is 10.1. The molecular formula is C20H23ClN4O2. The van der Waals surface area contributed by atoms with E-state index in [4.69, 9.17) is 17.3 Å². The highest BCUT2D eigenvalue weighted by Gasteiger charge is 2.22. The number of nitrogens with one attached hydrogen (secondary N) is 1. The fraction of sp³-hybridized carbons (Fsp3) is 0.300. The summed E-state index contributed by atoms with van der Waals surface area (Å²) in [6.07, 6.45) is 0.645. The number of rotatable bonds is 5. The maximum absolute atomic E-state index is 12.4. The van der Waals surface area contributed by atoms with Crippen molar-refractivity contribution in [3.8, 4) is 0 Å². The zero-order valence-electron chi connectivity index (χ0n) is 15.0. The average molecular weight is 387 g/mol. The molecule has 7 heteroatoms. The van der Waals surface area contributed by atoms with Crippen LogP contribution < -0.4 is 16.0 Å². The first-order valence-electron chi connectivity index (χ1n) is 8.95. The quantitative estimate of drug-likeness (QED) is 0.828. The number of hydrogen-bond acceptors (Lipinski definition) is 3. The van der Waals surface area contributed by atoms with Crippen LogP contribution in [0.25, 0.3) is 0 Å². The van der Waals surface area contributed by atoms with Gasteiger partial charge in [0.05, 0.1) is 10.7 Å². The zero-order valence-corrected chi connectivity index (χ0v) is 15.8. The number of nitrogens with two attached hydrogens (primary N) is 1. The summed E-state index contributed by atoms with van der Waals surface area (Å²) in [5.41, 5.74) is 7.75. The summed E-state index contributed by atoms with van der Waals surface area (Å²) in [6, 6.07) is 14.8. The summed E-state index contributed by atoms with van der Waals surface area (Å²) < 4.78 is 0. The predicted octanol–water partition coefficient (Wildman–Crippen LogP) is 2.51. The predicted molar refractivity (Wildman–Crippen MR) is 107 cm³/mol. The number of hydrogen-bond donors (Lipinski definition) is 2. The Morgan fingerprint density at radius 2 is 1.78 bits per heavy atom. The van der Waals surface area contributed by atoms with Crippen molar-refractivity contribution in [2.45, 2.75) is 6.42 Å². The Kier molecular flexibility index (Phi) is 6.19. The Labute approximate surface area is 163 Å². The summed E-state index contributed by atoms with van der Waals surface area (Å²) in [6.45, 7) is 3.30. The van der Waals surface area contributed by atoms with Crippen molar-refractivity contribution in [1.82, 2.24) is 10.2 Å². The topological polar surface area (TPSA) is 78.7 Å². The van der Waals surface area contributed by atoms with E-state index in [0.29, 0.717) is 31.6 Å². The molecular weight excluding hydrogens is 364 g/mol. The van der Waals surface area contributed by atoms with Crippen molar-refractivity contribution < 1.29 is 9.59 Å². The van der Waals surface area contributed by atoms with Gasteiger partial charge >= 0.3 is 6.03 Å². The first kappa shape index (κ1) is 19.0. The van der Waals surface area contributed by atoms with Gasteiger partial charge in [0.25, 0.3) is 0 Å². The van der Waals surface area contributed by atoms with Crippen molar-refractivity contribution in [2.75, 3.05) is 37.6 Å². The molecule has 2 aromatic rings. The lowest BCUT2D eigenvalue weighted by molar-refractivity contribution is 0.1000. The molecule has 3 amide bonds. The maximum atomic E-state index is 12.4. The second-order valence-electron chi connectivity index (χ2n) is 6.47. The van der Waals surface area contributed by atoms with Crippen LogP contribution in [0, 0.1) is 0 Å². The van der Waals surface area contributed by atoms with Crippen LogP contribution in [0.15, 0.2) is 48.5 Å². The second kappa shape index (κ2) is 8.77. The number of anilines is 1. The van der Waals surface area contributed by atoms with Gasteiger partial charge in [0.1, 0.15) is 0 Å². The fourth-order valence-corrected chi connectivity index (χ4v) is 3.42. The van der Waals surface area contributed by atoms with E-state index in [1.165, 1.54) is 0 Å². The van der Waals surface area contributed by atoms with E-state index in [1.807, 2.05) is 35.2 Å². The smallest absolute Gasteiger partial charge is 0.317 e. The van der Waals surface area contributed by atoms with Crippen molar-refractivity contribution in [2.24, 2.45) is 5.73 Å². The van der Waals surface area contributed by atoms with Gasteiger partial charge in [-0.15, -0.1) is 0 Å². The van der Waals surface area contributed by atoms with Crippen molar-refractivity contribution in [3.63, 3.8) is 0 Å². The molecule has 3 rings (SSSR count). The van der Waals surface area contributed by atoms with E-state index in [0.717, 1.165) is 29.4 Å². The molecule has 0 spiro atoms. The largest absolute Gasteiger partial charge is 0.367 e. The van der Waals surface area contributed by atoms with Gasteiger partial charge in [0, 0.05) is 38.3 Å². The Bertz CT molecular complexity index is 819. The fourth-order valence-electron chi connectivity index (χ4n) is 3.16. The minimum Gasteiger partial charge on any atom is -0.367 e. The highest BCUT2D eigenvalue weighted by molar-refractivity contribution is 6.33. The number of halogens is 1. The van der Waals surface area contributed by atoms with Crippen molar-refractivity contribution in [1.29, 1.82) is 0 Å². The van der Waals surface area contributed by atoms with Crippen LogP contribution in [0.4, 0.5) is 10.5 Å². The molecule has 1 aliphatic heterocycles. The molecule has 1 fully saturated rings. The highest BCUT2D eigenvalue weighted by Crippen LogP contribution is 2.25. The Morgan fingerprint density at radius 3 is 2.48 bits per heavy atom. The number of benzene rings is 2. The number of nitrogens with zero attached hydrogens (tertiary/aromatic N) is 2. The molecule has 27 heavy (non-hydrogen) atoms. The molecule has 0 aromatic heterocycles. The van der Waals surface area contributed by atoms with Crippen LogP contribution in [0.2, 0.25) is 5.02 Å². The van der Waals surface area contributed by atoms with Crippen LogP contribution >= 0.6 is 11.6 Å². The maximum Gasteiger partial charge on any atom is 0.317 e. The number of urea groups is 1. The Hall–Kier alpha value is -2.73. The monoisotopic (exact) mass is 386 g/mol. The molecule has 3 N–H and O–H groups in total. The SMILES string of the molecule is NC(=O)c1cccc(CCNC(=O)N2CCN(c3ccccc3Cl)CC2)c1. The summed E-state index contributed by atoms with van der Waals surface area (Å²) in [7, 11) is 0. The van der Waals surface area contributed by atoms with Gasteiger partial charge in [0.15, 0.2) is 0 Å². The minimum absolute atomic E-state index is 0.0696.